The van der Waals surface area contributed by atoms with Gasteiger partial charge in [-0.15, -0.1) is 11.3 Å². The van der Waals surface area contributed by atoms with Gasteiger partial charge in [0.25, 0.3) is 10.0 Å². The van der Waals surface area contributed by atoms with E-state index in [0.717, 1.165) is 16.9 Å². The molecule has 0 bridgehead atoms. The number of aliphatic hydroxyl groups excluding tert-OH is 1. The van der Waals surface area contributed by atoms with Gasteiger partial charge in [-0.05, 0) is 46.6 Å². The summed E-state index contributed by atoms with van der Waals surface area (Å²) in [7, 11) is -3.78. The molecular formula is C12H10BrCl2NO3S2. The van der Waals surface area contributed by atoms with E-state index in [0.29, 0.717) is 9.35 Å². The number of sulfonamides is 1. The molecular weight excluding hydrogens is 421 g/mol. The lowest BCUT2D eigenvalue weighted by Crippen LogP contribution is -2.11. The van der Waals surface area contributed by atoms with Crippen LogP contribution in [0.2, 0.25) is 10.0 Å². The Bertz CT molecular complexity index is 790. The lowest BCUT2D eigenvalue weighted by atomic mass is 10.3. The molecule has 9 heteroatoms. The smallest absolute Gasteiger partial charge is 0.271 e. The Labute approximate surface area is 144 Å². The van der Waals surface area contributed by atoms with Crippen LogP contribution in [0.3, 0.4) is 0 Å². The molecule has 0 unspecified atom stereocenters. The quantitative estimate of drug-likeness (QED) is 0.705. The van der Waals surface area contributed by atoms with E-state index in [1.54, 1.807) is 13.0 Å². The second kappa shape index (κ2) is 6.44. The van der Waals surface area contributed by atoms with Crippen molar-refractivity contribution in [3.05, 3.63) is 43.2 Å². The fourth-order valence-corrected chi connectivity index (χ4v) is 4.98. The molecule has 0 amide bonds. The van der Waals surface area contributed by atoms with E-state index >= 15 is 0 Å². The van der Waals surface area contributed by atoms with Gasteiger partial charge in [0.1, 0.15) is 4.21 Å². The molecule has 21 heavy (non-hydrogen) atoms. The van der Waals surface area contributed by atoms with Crippen molar-refractivity contribution in [1.29, 1.82) is 0 Å². The number of thiophene rings is 1. The molecule has 0 radical (unpaired) electrons. The molecule has 2 N–H and O–H groups in total. The molecule has 0 aliphatic rings. The molecule has 0 aliphatic carbocycles. The summed E-state index contributed by atoms with van der Waals surface area (Å²) < 4.78 is 27.8. The zero-order chi connectivity index (χ0) is 15.8. The van der Waals surface area contributed by atoms with Crippen LogP contribution in [0.1, 0.15) is 10.4 Å². The maximum Gasteiger partial charge on any atom is 0.271 e. The average Bonchev–Trinajstić information content (AvgIpc) is 2.81. The molecule has 2 aromatic rings. The van der Waals surface area contributed by atoms with Crippen LogP contribution < -0.4 is 4.72 Å². The van der Waals surface area contributed by atoms with Gasteiger partial charge in [0, 0.05) is 9.35 Å². The van der Waals surface area contributed by atoms with Gasteiger partial charge in [-0.25, -0.2) is 8.42 Å². The van der Waals surface area contributed by atoms with Crippen molar-refractivity contribution in [1.82, 2.24) is 0 Å². The number of nitrogens with one attached hydrogen (secondary N) is 1. The van der Waals surface area contributed by atoms with Crippen LogP contribution in [-0.2, 0) is 16.6 Å². The summed E-state index contributed by atoms with van der Waals surface area (Å²) in [6, 6.07) is 4.63. The van der Waals surface area contributed by atoms with Gasteiger partial charge < -0.3 is 5.11 Å². The molecule has 1 aromatic carbocycles. The molecule has 1 heterocycles. The normalized spacial score (nSPS) is 11.7. The van der Waals surface area contributed by atoms with Crippen LogP contribution >= 0.6 is 50.5 Å². The first-order valence-corrected chi connectivity index (χ1v) is 9.47. The molecule has 0 saturated heterocycles. The van der Waals surface area contributed by atoms with Crippen molar-refractivity contribution < 1.29 is 13.5 Å². The first-order chi connectivity index (χ1) is 9.76. The SMILES string of the molecule is Cc1cc(S(=O)(=O)Nc2ccc(Br)c(Cl)c2Cl)sc1CO. The number of anilines is 1. The average molecular weight is 431 g/mol. The zero-order valence-corrected chi connectivity index (χ0v) is 15.4. The molecule has 0 saturated carbocycles. The fraction of sp³-hybridized carbons (Fsp3) is 0.167. The van der Waals surface area contributed by atoms with Crippen molar-refractivity contribution in [2.24, 2.45) is 0 Å². The monoisotopic (exact) mass is 429 g/mol. The van der Waals surface area contributed by atoms with E-state index in [-0.39, 0.29) is 26.5 Å². The van der Waals surface area contributed by atoms with E-state index < -0.39 is 10.0 Å². The van der Waals surface area contributed by atoms with E-state index in [9.17, 15) is 8.42 Å². The minimum Gasteiger partial charge on any atom is -0.391 e. The van der Waals surface area contributed by atoms with Crippen molar-refractivity contribution in [3.63, 3.8) is 0 Å². The summed E-state index contributed by atoms with van der Waals surface area (Å²) in [4.78, 5) is 0.607. The number of aryl methyl sites for hydroxylation is 1. The summed E-state index contributed by atoms with van der Waals surface area (Å²) in [5, 5.41) is 9.50. The highest BCUT2D eigenvalue weighted by Crippen LogP contribution is 2.37. The third-order valence-corrected chi connectivity index (χ3v) is 7.52. The van der Waals surface area contributed by atoms with Crippen LogP contribution in [0.4, 0.5) is 5.69 Å². The Hall–Kier alpha value is -0.310. The Kier molecular flexibility index (Phi) is 5.23. The van der Waals surface area contributed by atoms with Crippen molar-refractivity contribution in [3.8, 4) is 0 Å². The topological polar surface area (TPSA) is 66.4 Å². The third-order valence-electron chi connectivity index (χ3n) is 2.69. The van der Waals surface area contributed by atoms with Gasteiger partial charge in [0.15, 0.2) is 0 Å². The Balaban J connectivity index is 2.40. The molecule has 0 spiro atoms. The lowest BCUT2D eigenvalue weighted by Gasteiger charge is -2.10. The second-order valence-corrected chi connectivity index (χ2v) is 8.81. The molecule has 4 nitrogen and oxygen atoms in total. The Morgan fingerprint density at radius 1 is 1.33 bits per heavy atom. The van der Waals surface area contributed by atoms with Crippen molar-refractivity contribution in [2.45, 2.75) is 17.7 Å². The number of halogens is 3. The van der Waals surface area contributed by atoms with Gasteiger partial charge in [0.2, 0.25) is 0 Å². The standard InChI is InChI=1S/C12H10BrCl2NO3S2/c1-6-4-10(20-9(6)5-17)21(18,19)16-8-3-2-7(13)11(14)12(8)15/h2-4,16-17H,5H2,1H3. The minimum absolute atomic E-state index is 0.110. The maximum atomic E-state index is 12.3. The number of aliphatic hydroxyl groups is 1. The summed E-state index contributed by atoms with van der Waals surface area (Å²) in [6.07, 6.45) is 0. The van der Waals surface area contributed by atoms with Crippen LogP contribution in [-0.4, -0.2) is 13.5 Å². The lowest BCUT2D eigenvalue weighted by molar-refractivity contribution is 0.285. The Morgan fingerprint density at radius 3 is 2.57 bits per heavy atom. The summed E-state index contributed by atoms with van der Waals surface area (Å²) >= 11 is 16.2. The first kappa shape index (κ1) is 17.1. The molecule has 114 valence electrons. The van der Waals surface area contributed by atoms with Gasteiger partial charge in [-0.2, -0.15) is 0 Å². The van der Waals surface area contributed by atoms with Crippen LogP contribution in [0.15, 0.2) is 26.9 Å². The van der Waals surface area contributed by atoms with Crippen molar-refractivity contribution in [2.75, 3.05) is 4.72 Å². The van der Waals surface area contributed by atoms with Crippen molar-refractivity contribution >= 4 is 66.2 Å². The van der Waals surface area contributed by atoms with Gasteiger partial charge in [-0.1, -0.05) is 23.2 Å². The van der Waals surface area contributed by atoms with E-state index in [2.05, 4.69) is 20.7 Å². The first-order valence-electron chi connectivity index (χ1n) is 5.62. The van der Waals surface area contributed by atoms with Crippen LogP contribution in [0.25, 0.3) is 0 Å². The highest BCUT2D eigenvalue weighted by atomic mass is 79.9. The van der Waals surface area contributed by atoms with Crippen LogP contribution in [0, 0.1) is 6.92 Å². The van der Waals surface area contributed by atoms with E-state index in [4.69, 9.17) is 28.3 Å². The number of hydrogen-bond acceptors (Lipinski definition) is 4. The molecule has 0 aliphatic heterocycles. The second-order valence-electron chi connectivity index (χ2n) is 4.16. The highest BCUT2D eigenvalue weighted by molar-refractivity contribution is 9.10. The predicted octanol–water partition coefficient (Wildman–Crippen LogP) is 4.42. The molecule has 0 fully saturated rings. The van der Waals surface area contributed by atoms with Gasteiger partial charge >= 0.3 is 0 Å². The van der Waals surface area contributed by atoms with E-state index in [1.165, 1.54) is 12.1 Å². The van der Waals surface area contributed by atoms with Crippen LogP contribution in [0.5, 0.6) is 0 Å². The predicted molar refractivity (Wildman–Crippen MR) is 89.9 cm³/mol. The van der Waals surface area contributed by atoms with Gasteiger partial charge in [0.05, 0.1) is 22.3 Å². The maximum absolute atomic E-state index is 12.3. The summed E-state index contributed by atoms with van der Waals surface area (Å²) in [5.41, 5.74) is 0.921. The zero-order valence-electron chi connectivity index (χ0n) is 10.7. The highest BCUT2D eigenvalue weighted by Gasteiger charge is 2.21. The molecule has 0 atom stereocenters. The third kappa shape index (κ3) is 3.55. The van der Waals surface area contributed by atoms with E-state index in [1.807, 2.05) is 0 Å². The number of rotatable bonds is 4. The minimum atomic E-state index is -3.78. The summed E-state index contributed by atoms with van der Waals surface area (Å²) in [5.74, 6) is 0. The largest absolute Gasteiger partial charge is 0.391 e. The number of hydrogen-bond donors (Lipinski definition) is 2. The fourth-order valence-electron chi connectivity index (χ4n) is 1.58. The summed E-state index contributed by atoms with van der Waals surface area (Å²) in [6.45, 7) is 1.54. The Morgan fingerprint density at radius 2 is 2.00 bits per heavy atom. The molecule has 1 aromatic heterocycles. The number of benzene rings is 1. The van der Waals surface area contributed by atoms with Gasteiger partial charge in [-0.3, -0.25) is 4.72 Å². The molecule has 2 rings (SSSR count).